The van der Waals surface area contributed by atoms with Crippen molar-refractivity contribution in [3.8, 4) is 0 Å². The first-order chi connectivity index (χ1) is 10.2. The molecule has 2 aliphatic carbocycles. The molecule has 0 atom stereocenters. The summed E-state index contributed by atoms with van der Waals surface area (Å²) < 4.78 is 0. The van der Waals surface area contributed by atoms with Crippen LogP contribution in [0.5, 0.6) is 0 Å². The van der Waals surface area contributed by atoms with E-state index in [4.69, 9.17) is 0 Å². The summed E-state index contributed by atoms with van der Waals surface area (Å²) in [5.74, 6) is 0. The van der Waals surface area contributed by atoms with Crippen molar-refractivity contribution in [2.45, 2.75) is 97.1 Å². The van der Waals surface area contributed by atoms with Gasteiger partial charge in [0, 0.05) is 25.2 Å². The van der Waals surface area contributed by atoms with Crippen molar-refractivity contribution in [1.29, 1.82) is 0 Å². The predicted octanol–water partition coefficient (Wildman–Crippen LogP) is 4.59. The van der Waals surface area contributed by atoms with Gasteiger partial charge in [-0.1, -0.05) is 59.3 Å². The Morgan fingerprint density at radius 1 is 1.00 bits per heavy atom. The third-order valence-corrected chi connectivity index (χ3v) is 5.84. The number of hydrogen-bond donors (Lipinski definition) is 1. The van der Waals surface area contributed by atoms with Gasteiger partial charge in [0.15, 0.2) is 0 Å². The molecule has 0 saturated heterocycles. The van der Waals surface area contributed by atoms with E-state index < -0.39 is 0 Å². The molecule has 0 amide bonds. The van der Waals surface area contributed by atoms with E-state index in [9.17, 15) is 0 Å². The van der Waals surface area contributed by atoms with Gasteiger partial charge in [-0.05, 0) is 37.6 Å². The van der Waals surface area contributed by atoms with Crippen molar-refractivity contribution in [1.82, 2.24) is 10.2 Å². The molecule has 2 rings (SSSR count). The summed E-state index contributed by atoms with van der Waals surface area (Å²) in [4.78, 5) is 2.84. The normalized spacial score (nSPS) is 23.9. The highest BCUT2D eigenvalue weighted by Crippen LogP contribution is 2.38. The molecule has 1 N–H and O–H groups in total. The van der Waals surface area contributed by atoms with E-state index in [1.54, 1.807) is 0 Å². The first-order valence-electron chi connectivity index (χ1n) is 9.63. The molecule has 21 heavy (non-hydrogen) atoms. The highest BCUT2D eigenvalue weighted by atomic mass is 15.2. The Bertz CT molecular complexity index is 275. The van der Waals surface area contributed by atoms with Gasteiger partial charge >= 0.3 is 0 Å². The lowest BCUT2D eigenvalue weighted by Gasteiger charge is -2.45. The molecule has 0 aromatic heterocycles. The van der Waals surface area contributed by atoms with Crippen molar-refractivity contribution in [3.63, 3.8) is 0 Å². The quantitative estimate of drug-likeness (QED) is 0.739. The fraction of sp³-hybridized carbons (Fsp3) is 1.00. The molecule has 2 aliphatic rings. The molecule has 0 radical (unpaired) electrons. The molecule has 2 nitrogen and oxygen atoms in total. The standard InChI is InChI=1S/C19H38N2/c1-4-21(18-11-7-5-8-12-18)16-19(15-20-17(2)3)13-9-6-10-14-19/h17-18,20H,4-16H2,1-3H3. The summed E-state index contributed by atoms with van der Waals surface area (Å²) >= 11 is 0. The highest BCUT2D eigenvalue weighted by molar-refractivity contribution is 4.90. The van der Waals surface area contributed by atoms with Crippen molar-refractivity contribution in [2.75, 3.05) is 19.6 Å². The van der Waals surface area contributed by atoms with E-state index in [1.165, 1.54) is 83.8 Å². The molecule has 0 aromatic carbocycles. The molecule has 0 aromatic rings. The van der Waals surface area contributed by atoms with Crippen molar-refractivity contribution >= 4 is 0 Å². The zero-order valence-corrected chi connectivity index (χ0v) is 14.8. The minimum atomic E-state index is 0.552. The molecule has 0 heterocycles. The second kappa shape index (κ2) is 8.53. The maximum atomic E-state index is 3.76. The fourth-order valence-electron chi connectivity index (χ4n) is 4.49. The van der Waals surface area contributed by atoms with Crippen LogP contribution in [0.1, 0.15) is 85.0 Å². The highest BCUT2D eigenvalue weighted by Gasteiger charge is 2.35. The summed E-state index contributed by atoms with van der Waals surface area (Å²) in [6, 6.07) is 1.50. The van der Waals surface area contributed by atoms with Crippen LogP contribution in [0, 0.1) is 5.41 Å². The Morgan fingerprint density at radius 3 is 2.19 bits per heavy atom. The summed E-state index contributed by atoms with van der Waals surface area (Å²) in [6.07, 6.45) is 14.5. The first kappa shape index (κ1) is 17.3. The molecule has 0 bridgehead atoms. The first-order valence-corrected chi connectivity index (χ1v) is 9.63. The van der Waals surface area contributed by atoms with Gasteiger partial charge < -0.3 is 10.2 Å². The number of rotatable bonds is 7. The van der Waals surface area contributed by atoms with Gasteiger partial charge in [-0.25, -0.2) is 0 Å². The third-order valence-electron chi connectivity index (χ3n) is 5.84. The van der Waals surface area contributed by atoms with Gasteiger partial charge in [-0.3, -0.25) is 0 Å². The zero-order chi connectivity index (χ0) is 15.1. The molecule has 124 valence electrons. The average Bonchev–Trinajstić information content (AvgIpc) is 2.53. The summed E-state index contributed by atoms with van der Waals surface area (Å²) in [7, 11) is 0. The van der Waals surface area contributed by atoms with Gasteiger partial charge in [-0.2, -0.15) is 0 Å². The lowest BCUT2D eigenvalue weighted by atomic mass is 9.73. The van der Waals surface area contributed by atoms with E-state index in [0.717, 1.165) is 6.04 Å². The van der Waals surface area contributed by atoms with Crippen LogP contribution < -0.4 is 5.32 Å². The number of nitrogens with one attached hydrogen (secondary N) is 1. The Balaban J connectivity index is 1.97. The van der Waals surface area contributed by atoms with Gasteiger partial charge in [0.25, 0.3) is 0 Å². The number of hydrogen-bond acceptors (Lipinski definition) is 2. The lowest BCUT2D eigenvalue weighted by molar-refractivity contribution is 0.0632. The zero-order valence-electron chi connectivity index (χ0n) is 14.8. The van der Waals surface area contributed by atoms with Crippen molar-refractivity contribution < 1.29 is 0 Å². The smallest absolute Gasteiger partial charge is 0.00953 e. The van der Waals surface area contributed by atoms with Crippen LogP contribution in [0.15, 0.2) is 0 Å². The van der Waals surface area contributed by atoms with E-state index in [-0.39, 0.29) is 0 Å². The van der Waals surface area contributed by atoms with Gasteiger partial charge in [0.05, 0.1) is 0 Å². The second-order valence-corrected chi connectivity index (χ2v) is 7.95. The van der Waals surface area contributed by atoms with Crippen LogP contribution in [-0.2, 0) is 0 Å². The average molecular weight is 295 g/mol. The molecule has 2 fully saturated rings. The van der Waals surface area contributed by atoms with Crippen LogP contribution in [0.25, 0.3) is 0 Å². The predicted molar refractivity (Wildman–Crippen MR) is 92.8 cm³/mol. The number of nitrogens with zero attached hydrogens (tertiary/aromatic N) is 1. The van der Waals surface area contributed by atoms with Gasteiger partial charge in [0.1, 0.15) is 0 Å². The van der Waals surface area contributed by atoms with Crippen LogP contribution in [0.2, 0.25) is 0 Å². The Morgan fingerprint density at radius 2 is 1.62 bits per heavy atom. The van der Waals surface area contributed by atoms with Gasteiger partial charge in [0.2, 0.25) is 0 Å². The Labute approximate surface area is 133 Å². The van der Waals surface area contributed by atoms with E-state index in [1.807, 2.05) is 0 Å². The summed E-state index contributed by atoms with van der Waals surface area (Å²) in [5, 5.41) is 3.76. The second-order valence-electron chi connectivity index (χ2n) is 7.95. The van der Waals surface area contributed by atoms with E-state index >= 15 is 0 Å². The van der Waals surface area contributed by atoms with Crippen LogP contribution in [-0.4, -0.2) is 36.6 Å². The molecule has 0 unspecified atom stereocenters. The lowest BCUT2D eigenvalue weighted by Crippen LogP contribution is -2.49. The van der Waals surface area contributed by atoms with E-state index in [2.05, 4.69) is 31.0 Å². The molecule has 2 heteroatoms. The van der Waals surface area contributed by atoms with Crippen molar-refractivity contribution in [3.05, 3.63) is 0 Å². The Kier molecular flexibility index (Phi) is 7.01. The van der Waals surface area contributed by atoms with Crippen LogP contribution in [0.4, 0.5) is 0 Å². The molecule has 0 spiro atoms. The van der Waals surface area contributed by atoms with Crippen LogP contribution in [0.3, 0.4) is 0 Å². The monoisotopic (exact) mass is 294 g/mol. The fourth-order valence-corrected chi connectivity index (χ4v) is 4.49. The minimum Gasteiger partial charge on any atom is -0.314 e. The Hall–Kier alpha value is -0.0800. The maximum Gasteiger partial charge on any atom is 0.00953 e. The SMILES string of the molecule is CCN(CC1(CNC(C)C)CCCCC1)C1CCCCC1. The topological polar surface area (TPSA) is 15.3 Å². The van der Waals surface area contributed by atoms with Crippen LogP contribution >= 0.6 is 0 Å². The van der Waals surface area contributed by atoms with Gasteiger partial charge in [-0.15, -0.1) is 0 Å². The molecule has 0 aliphatic heterocycles. The van der Waals surface area contributed by atoms with E-state index in [0.29, 0.717) is 11.5 Å². The summed E-state index contributed by atoms with van der Waals surface area (Å²) in [6.45, 7) is 10.8. The molecular weight excluding hydrogens is 256 g/mol. The summed E-state index contributed by atoms with van der Waals surface area (Å²) in [5.41, 5.74) is 0.552. The van der Waals surface area contributed by atoms with Crippen molar-refractivity contribution in [2.24, 2.45) is 5.41 Å². The third kappa shape index (κ3) is 5.25. The minimum absolute atomic E-state index is 0.552. The molecular formula is C19H38N2. The molecule has 2 saturated carbocycles. The maximum absolute atomic E-state index is 3.76. The largest absolute Gasteiger partial charge is 0.314 e.